The van der Waals surface area contributed by atoms with Gasteiger partial charge in [-0.15, -0.1) is 0 Å². The third kappa shape index (κ3) is 8.19. The summed E-state index contributed by atoms with van der Waals surface area (Å²) in [5.74, 6) is 0. The summed E-state index contributed by atoms with van der Waals surface area (Å²) < 4.78 is 10.3. The van der Waals surface area contributed by atoms with Crippen LogP contribution in [0.15, 0.2) is 322 Å². The van der Waals surface area contributed by atoms with Crippen LogP contribution in [0.5, 0.6) is 0 Å². The molecule has 4 nitrogen and oxygen atoms in total. The SMILES string of the molecule is CC1(C)CC(C)(c2cc(-n3c4ccccc4c4cc(-c5ccccc5)ccc43)cc(-n3c4ccccc4c4cc(-c5ccccc5)ccc43)c2)c2c(-n3c4ccccc4c4cc(-c5ccccc5)ccc43)cc(-n3c4ccccc4c4cc(-c5ccccc5)ccc43)cc21. The fourth-order valence-electron chi connectivity index (χ4n) is 16.7. The third-order valence-corrected chi connectivity index (χ3v) is 20.9. The smallest absolute Gasteiger partial charge is 0.0541 e. The monoisotopic (exact) mass is 1200 g/mol. The molecule has 4 aromatic heterocycles. The molecule has 14 aromatic carbocycles. The molecule has 0 fully saturated rings. The Balaban J connectivity index is 0.917. The Morgan fingerprint density at radius 1 is 0.234 bits per heavy atom. The van der Waals surface area contributed by atoms with Crippen molar-refractivity contribution in [1.82, 2.24) is 18.3 Å². The zero-order valence-electron chi connectivity index (χ0n) is 52.6. The highest BCUT2D eigenvalue weighted by atomic mass is 15.0. The summed E-state index contributed by atoms with van der Waals surface area (Å²) in [5.41, 5.74) is 26.7. The van der Waals surface area contributed by atoms with Crippen molar-refractivity contribution >= 4 is 87.2 Å². The van der Waals surface area contributed by atoms with E-state index in [1.54, 1.807) is 0 Å². The lowest BCUT2D eigenvalue weighted by molar-refractivity contribution is 0.424. The lowest BCUT2D eigenvalue weighted by Gasteiger charge is -2.32. The molecule has 94 heavy (non-hydrogen) atoms. The number of para-hydroxylation sites is 4. The fraction of sp³-hybridized carbons (Fsp3) is 0.0667. The Hall–Kier alpha value is -11.7. The summed E-state index contributed by atoms with van der Waals surface area (Å²) in [6.45, 7) is 7.57. The average molecular weight is 1200 g/mol. The maximum atomic E-state index is 2.63. The van der Waals surface area contributed by atoms with Gasteiger partial charge in [-0.25, -0.2) is 0 Å². The minimum atomic E-state index is -0.553. The van der Waals surface area contributed by atoms with E-state index < -0.39 is 5.41 Å². The molecule has 0 amide bonds. The number of benzene rings is 14. The van der Waals surface area contributed by atoms with Crippen LogP contribution in [0.4, 0.5) is 0 Å². The van der Waals surface area contributed by atoms with E-state index in [9.17, 15) is 0 Å². The minimum absolute atomic E-state index is 0.301. The summed E-state index contributed by atoms with van der Waals surface area (Å²) in [6.07, 6.45) is 0.860. The Labute approximate surface area is 545 Å². The van der Waals surface area contributed by atoms with Gasteiger partial charge in [-0.05, 0) is 176 Å². The highest BCUT2D eigenvalue weighted by Crippen LogP contribution is 2.57. The Morgan fingerprint density at radius 3 is 0.872 bits per heavy atom. The molecule has 0 radical (unpaired) electrons. The molecule has 1 aliphatic carbocycles. The molecule has 0 saturated heterocycles. The zero-order chi connectivity index (χ0) is 62.4. The molecule has 444 valence electrons. The van der Waals surface area contributed by atoms with E-state index in [-0.39, 0.29) is 5.41 Å². The normalized spacial score (nSPS) is 14.6. The lowest BCUT2D eigenvalue weighted by atomic mass is 9.74. The summed E-state index contributed by atoms with van der Waals surface area (Å²) in [5, 5.41) is 9.84. The maximum Gasteiger partial charge on any atom is 0.0541 e. The molecule has 19 rings (SSSR count). The molecule has 0 bridgehead atoms. The molecule has 0 aliphatic heterocycles. The number of hydrogen-bond acceptors (Lipinski definition) is 0. The first-order valence-electron chi connectivity index (χ1n) is 32.9. The molecule has 1 atom stereocenters. The summed E-state index contributed by atoms with van der Waals surface area (Å²) in [7, 11) is 0. The number of aromatic nitrogens is 4. The van der Waals surface area contributed by atoms with E-state index >= 15 is 0 Å². The van der Waals surface area contributed by atoms with Crippen LogP contribution in [0.3, 0.4) is 0 Å². The largest absolute Gasteiger partial charge is 0.309 e. The number of rotatable bonds is 9. The molecular weight excluding hydrogens is 1140 g/mol. The van der Waals surface area contributed by atoms with E-state index in [1.165, 1.54) is 154 Å². The lowest BCUT2D eigenvalue weighted by Crippen LogP contribution is -2.25. The second-order valence-corrected chi connectivity index (χ2v) is 26.8. The molecule has 4 heteroatoms. The summed E-state index contributed by atoms with van der Waals surface area (Å²) in [4.78, 5) is 0. The first-order valence-corrected chi connectivity index (χ1v) is 32.9. The van der Waals surface area contributed by atoms with Crippen molar-refractivity contribution in [2.24, 2.45) is 0 Å². The van der Waals surface area contributed by atoms with Gasteiger partial charge in [0, 0.05) is 65.6 Å². The van der Waals surface area contributed by atoms with Crippen LogP contribution in [0.2, 0.25) is 0 Å². The summed E-state index contributed by atoms with van der Waals surface area (Å²) in [6, 6.07) is 120. The fourth-order valence-corrected chi connectivity index (χ4v) is 16.7. The van der Waals surface area contributed by atoms with Crippen molar-refractivity contribution in [2.45, 2.75) is 38.0 Å². The average Bonchev–Trinajstić information content (AvgIpc) is 1.52. The van der Waals surface area contributed by atoms with E-state index in [2.05, 4.69) is 361 Å². The number of fused-ring (bicyclic) bond motifs is 13. The first kappa shape index (κ1) is 54.1. The van der Waals surface area contributed by atoms with Crippen molar-refractivity contribution in [3.8, 4) is 67.3 Å². The van der Waals surface area contributed by atoms with E-state index in [0.29, 0.717) is 0 Å². The van der Waals surface area contributed by atoms with Gasteiger partial charge in [0.1, 0.15) is 0 Å². The van der Waals surface area contributed by atoms with Gasteiger partial charge in [-0.1, -0.05) is 239 Å². The third-order valence-electron chi connectivity index (χ3n) is 20.9. The van der Waals surface area contributed by atoms with Crippen LogP contribution in [-0.2, 0) is 10.8 Å². The zero-order valence-corrected chi connectivity index (χ0v) is 52.6. The Morgan fingerprint density at radius 2 is 0.521 bits per heavy atom. The second kappa shape index (κ2) is 20.6. The molecule has 0 spiro atoms. The Kier molecular flexibility index (Phi) is 11.9. The molecule has 1 unspecified atom stereocenters. The van der Waals surface area contributed by atoms with Crippen molar-refractivity contribution in [2.75, 3.05) is 0 Å². The predicted molar refractivity (Wildman–Crippen MR) is 396 cm³/mol. The van der Waals surface area contributed by atoms with Crippen molar-refractivity contribution < 1.29 is 0 Å². The van der Waals surface area contributed by atoms with Crippen molar-refractivity contribution in [3.05, 3.63) is 338 Å². The first-order chi connectivity index (χ1) is 46.2. The summed E-state index contributed by atoms with van der Waals surface area (Å²) >= 11 is 0. The van der Waals surface area contributed by atoms with Gasteiger partial charge in [0.15, 0.2) is 0 Å². The van der Waals surface area contributed by atoms with Crippen LogP contribution in [0, 0.1) is 0 Å². The minimum Gasteiger partial charge on any atom is -0.309 e. The Bertz CT molecular complexity index is 5920. The number of nitrogens with zero attached hydrogens (tertiary/aromatic N) is 4. The van der Waals surface area contributed by atoms with Gasteiger partial charge < -0.3 is 18.3 Å². The highest BCUT2D eigenvalue weighted by molar-refractivity contribution is 6.14. The van der Waals surface area contributed by atoms with Gasteiger partial charge in [0.05, 0.1) is 49.8 Å². The quantitative estimate of drug-likeness (QED) is 0.137. The van der Waals surface area contributed by atoms with E-state index in [0.717, 1.165) is 23.5 Å². The van der Waals surface area contributed by atoms with Crippen LogP contribution in [0.25, 0.3) is 154 Å². The standard InChI is InChI=1S/C90H64N4/c1-89(2)57-90(3,66-52-67(91-79-36-20-16-32-70(79)74-48-62(40-44-83(74)91)58-24-8-4-9-25-58)54-68(53-66)92-80-37-21-17-33-71(80)75-49-63(41-45-84(75)92)59-26-10-5-11-27-59)88-78(89)55-69(93-81-38-22-18-34-72(81)76-50-64(42-46-85(76)93)60-28-12-6-13-29-60)56-87(88)94-82-39-23-19-35-73(82)77-51-65(43-47-86(77)94)61-30-14-7-15-31-61/h4-56H,57H2,1-3H3. The van der Waals surface area contributed by atoms with Crippen LogP contribution in [0.1, 0.15) is 43.9 Å². The van der Waals surface area contributed by atoms with E-state index in [4.69, 9.17) is 0 Å². The second-order valence-electron chi connectivity index (χ2n) is 26.8. The van der Waals surface area contributed by atoms with Gasteiger partial charge in [-0.2, -0.15) is 0 Å². The highest BCUT2D eigenvalue weighted by Gasteiger charge is 2.49. The van der Waals surface area contributed by atoms with Crippen LogP contribution >= 0.6 is 0 Å². The van der Waals surface area contributed by atoms with Gasteiger partial charge >= 0.3 is 0 Å². The van der Waals surface area contributed by atoms with Crippen LogP contribution in [-0.4, -0.2) is 18.3 Å². The maximum absolute atomic E-state index is 2.63. The van der Waals surface area contributed by atoms with E-state index in [1.807, 2.05) is 0 Å². The predicted octanol–water partition coefficient (Wildman–Crippen LogP) is 23.7. The van der Waals surface area contributed by atoms with Crippen molar-refractivity contribution in [1.29, 1.82) is 0 Å². The topological polar surface area (TPSA) is 19.7 Å². The van der Waals surface area contributed by atoms with Gasteiger partial charge in [0.25, 0.3) is 0 Å². The molecule has 18 aromatic rings. The van der Waals surface area contributed by atoms with Gasteiger partial charge in [-0.3, -0.25) is 0 Å². The molecular formula is C90H64N4. The van der Waals surface area contributed by atoms with Crippen LogP contribution < -0.4 is 0 Å². The van der Waals surface area contributed by atoms with Gasteiger partial charge in [0.2, 0.25) is 0 Å². The number of hydrogen-bond donors (Lipinski definition) is 0. The molecule has 0 saturated carbocycles. The molecule has 4 heterocycles. The van der Waals surface area contributed by atoms with Crippen molar-refractivity contribution in [3.63, 3.8) is 0 Å². The molecule has 1 aliphatic rings. The molecule has 0 N–H and O–H groups in total.